The van der Waals surface area contributed by atoms with Gasteiger partial charge in [0.25, 0.3) is 5.91 Å². The van der Waals surface area contributed by atoms with Crippen molar-refractivity contribution in [2.45, 2.75) is 23.3 Å². The van der Waals surface area contributed by atoms with Crippen LogP contribution < -0.4 is 9.88 Å². The van der Waals surface area contributed by atoms with Crippen molar-refractivity contribution in [2.24, 2.45) is 0 Å². The van der Waals surface area contributed by atoms with E-state index in [2.05, 4.69) is 5.32 Å². The average Bonchev–Trinajstić information content (AvgIpc) is 2.61. The number of para-hydroxylation sites is 1. The van der Waals surface area contributed by atoms with Gasteiger partial charge in [0.2, 0.25) is 6.54 Å². The minimum absolute atomic E-state index is 0.0574. The topological polar surface area (TPSA) is 33.0 Å². The molecule has 0 aliphatic carbocycles. The monoisotopic (exact) mass is 369 g/mol. The van der Waals surface area contributed by atoms with Crippen molar-refractivity contribution in [2.75, 3.05) is 5.32 Å². The molecule has 0 bridgehead atoms. The number of carbonyl (C=O) groups excluding carboxylic acids is 1. The normalized spacial score (nSPS) is 10.5. The Morgan fingerprint density at radius 2 is 1.72 bits per heavy atom. The molecule has 0 unspecified atom stereocenters. The van der Waals surface area contributed by atoms with Crippen LogP contribution in [0.3, 0.4) is 0 Å². The van der Waals surface area contributed by atoms with E-state index in [0.717, 1.165) is 15.5 Å². The van der Waals surface area contributed by atoms with E-state index in [1.807, 2.05) is 84.5 Å². The van der Waals surface area contributed by atoms with E-state index in [0.29, 0.717) is 5.02 Å². The summed E-state index contributed by atoms with van der Waals surface area (Å²) in [5, 5.41) is 3.71. The molecule has 1 aromatic heterocycles. The smallest absolute Gasteiger partial charge is 0.290 e. The highest BCUT2D eigenvalue weighted by Crippen LogP contribution is 2.33. The maximum Gasteiger partial charge on any atom is 0.290 e. The predicted molar refractivity (Wildman–Crippen MR) is 102 cm³/mol. The van der Waals surface area contributed by atoms with Gasteiger partial charge in [-0.1, -0.05) is 35.5 Å². The van der Waals surface area contributed by atoms with Crippen molar-refractivity contribution in [3.8, 4) is 0 Å². The minimum Gasteiger partial charge on any atom is -0.320 e. The third-order valence-corrected chi connectivity index (χ3v) is 4.92. The van der Waals surface area contributed by atoms with Crippen molar-refractivity contribution < 1.29 is 9.36 Å². The summed E-state index contributed by atoms with van der Waals surface area (Å²) in [6.07, 6.45) is 3.81. The van der Waals surface area contributed by atoms with Crippen molar-refractivity contribution >= 4 is 35.0 Å². The van der Waals surface area contributed by atoms with Crippen molar-refractivity contribution in [1.29, 1.82) is 0 Å². The molecular formula is C20H18ClN2OS+. The zero-order chi connectivity index (χ0) is 17.6. The number of hydrogen-bond acceptors (Lipinski definition) is 2. The molecule has 1 amide bonds. The van der Waals surface area contributed by atoms with Crippen LogP contribution in [0.4, 0.5) is 5.69 Å². The molecule has 0 radical (unpaired) electrons. The number of nitrogens with one attached hydrogen (secondary N) is 1. The van der Waals surface area contributed by atoms with Crippen LogP contribution in [0.1, 0.15) is 5.56 Å². The molecule has 25 heavy (non-hydrogen) atoms. The number of nitrogens with zero attached hydrogens (tertiary/aromatic N) is 1. The SMILES string of the molecule is Cc1cc[n+](CC(=O)Nc2ccccc2Sc2ccc(Cl)cc2)cc1. The number of rotatable bonds is 5. The fourth-order valence-corrected chi connectivity index (χ4v) is 3.31. The summed E-state index contributed by atoms with van der Waals surface area (Å²) in [6, 6.07) is 19.4. The maximum atomic E-state index is 12.4. The first kappa shape index (κ1) is 17.5. The van der Waals surface area contributed by atoms with Crippen LogP contribution in [0.25, 0.3) is 0 Å². The van der Waals surface area contributed by atoms with Crippen LogP contribution in [-0.2, 0) is 11.3 Å². The summed E-state index contributed by atoms with van der Waals surface area (Å²) >= 11 is 7.53. The molecule has 5 heteroatoms. The molecule has 0 atom stereocenters. The molecule has 2 aromatic carbocycles. The lowest BCUT2D eigenvalue weighted by Crippen LogP contribution is -2.39. The van der Waals surface area contributed by atoms with Gasteiger partial charge in [-0.3, -0.25) is 4.79 Å². The number of amides is 1. The number of anilines is 1. The Balaban J connectivity index is 1.70. The number of halogens is 1. The molecule has 3 rings (SSSR count). The quantitative estimate of drug-likeness (QED) is 0.660. The number of carbonyl (C=O) groups is 1. The lowest BCUT2D eigenvalue weighted by Gasteiger charge is -2.10. The van der Waals surface area contributed by atoms with Crippen molar-refractivity contribution in [3.63, 3.8) is 0 Å². The lowest BCUT2D eigenvalue weighted by molar-refractivity contribution is -0.684. The van der Waals surface area contributed by atoms with Gasteiger partial charge >= 0.3 is 0 Å². The van der Waals surface area contributed by atoms with Crippen LogP contribution in [-0.4, -0.2) is 5.91 Å². The summed E-state index contributed by atoms with van der Waals surface area (Å²) in [7, 11) is 0. The van der Waals surface area contributed by atoms with E-state index < -0.39 is 0 Å². The number of aryl methyl sites for hydroxylation is 1. The first-order chi connectivity index (χ1) is 12.1. The largest absolute Gasteiger partial charge is 0.320 e. The molecule has 1 heterocycles. The van der Waals surface area contributed by atoms with E-state index in [9.17, 15) is 4.79 Å². The van der Waals surface area contributed by atoms with Gasteiger partial charge in [-0.05, 0) is 48.9 Å². The van der Waals surface area contributed by atoms with Crippen LogP contribution >= 0.6 is 23.4 Å². The molecule has 126 valence electrons. The second-order valence-corrected chi connectivity index (χ2v) is 7.20. The third kappa shape index (κ3) is 5.08. The lowest BCUT2D eigenvalue weighted by atomic mass is 10.3. The van der Waals surface area contributed by atoms with Gasteiger partial charge in [-0.25, -0.2) is 0 Å². The van der Waals surface area contributed by atoms with Gasteiger partial charge < -0.3 is 5.32 Å². The minimum atomic E-state index is -0.0574. The van der Waals surface area contributed by atoms with Crippen LogP contribution in [0.5, 0.6) is 0 Å². The van der Waals surface area contributed by atoms with E-state index in [4.69, 9.17) is 11.6 Å². The Labute approximate surface area is 156 Å². The number of aromatic nitrogens is 1. The number of hydrogen-bond donors (Lipinski definition) is 1. The zero-order valence-corrected chi connectivity index (χ0v) is 15.3. The van der Waals surface area contributed by atoms with E-state index in [1.165, 1.54) is 5.56 Å². The Kier molecular flexibility index (Phi) is 5.74. The second kappa shape index (κ2) is 8.19. The van der Waals surface area contributed by atoms with Crippen LogP contribution in [0, 0.1) is 6.92 Å². The highest BCUT2D eigenvalue weighted by molar-refractivity contribution is 7.99. The van der Waals surface area contributed by atoms with Crippen LogP contribution in [0.2, 0.25) is 5.02 Å². The van der Waals surface area contributed by atoms with Gasteiger partial charge in [0.05, 0.1) is 5.69 Å². The van der Waals surface area contributed by atoms with Gasteiger partial charge in [0.1, 0.15) is 0 Å². The summed E-state index contributed by atoms with van der Waals surface area (Å²) in [5.74, 6) is -0.0574. The first-order valence-corrected chi connectivity index (χ1v) is 9.07. The van der Waals surface area contributed by atoms with Crippen LogP contribution in [0.15, 0.2) is 82.8 Å². The molecule has 0 aliphatic heterocycles. The zero-order valence-electron chi connectivity index (χ0n) is 13.8. The average molecular weight is 370 g/mol. The molecule has 0 saturated carbocycles. The summed E-state index contributed by atoms with van der Waals surface area (Å²) in [6.45, 7) is 2.30. The van der Waals surface area contributed by atoms with Gasteiger partial charge in [0.15, 0.2) is 12.4 Å². The van der Waals surface area contributed by atoms with Gasteiger partial charge in [0, 0.05) is 26.9 Å². The summed E-state index contributed by atoms with van der Waals surface area (Å²) in [5.41, 5.74) is 1.97. The highest BCUT2D eigenvalue weighted by atomic mass is 35.5. The Morgan fingerprint density at radius 1 is 1.04 bits per heavy atom. The number of benzene rings is 2. The molecule has 0 spiro atoms. The third-order valence-electron chi connectivity index (χ3n) is 3.59. The van der Waals surface area contributed by atoms with Gasteiger partial charge in [-0.2, -0.15) is 4.57 Å². The summed E-state index contributed by atoms with van der Waals surface area (Å²) in [4.78, 5) is 14.4. The first-order valence-electron chi connectivity index (χ1n) is 7.88. The fraction of sp³-hybridized carbons (Fsp3) is 0.100. The molecule has 3 aromatic rings. The summed E-state index contributed by atoms with van der Waals surface area (Å²) < 4.78 is 1.86. The Morgan fingerprint density at radius 3 is 2.44 bits per heavy atom. The van der Waals surface area contributed by atoms with E-state index >= 15 is 0 Å². The Bertz CT molecular complexity index is 864. The maximum absolute atomic E-state index is 12.4. The Hall–Kier alpha value is -2.30. The fourth-order valence-electron chi connectivity index (χ4n) is 2.28. The van der Waals surface area contributed by atoms with Crippen molar-refractivity contribution in [1.82, 2.24) is 0 Å². The molecule has 3 nitrogen and oxygen atoms in total. The number of pyridine rings is 1. The van der Waals surface area contributed by atoms with E-state index in [1.54, 1.807) is 11.8 Å². The molecule has 0 aliphatic rings. The van der Waals surface area contributed by atoms with Gasteiger partial charge in [-0.15, -0.1) is 0 Å². The standard InChI is InChI=1S/C20H17ClN2OS/c1-15-10-12-23(13-11-15)14-20(24)22-18-4-2-3-5-19(18)25-17-8-6-16(21)7-9-17/h2-13H,14H2,1H3/p+1. The molecule has 1 N–H and O–H groups in total. The van der Waals surface area contributed by atoms with E-state index in [-0.39, 0.29) is 12.5 Å². The molecular weight excluding hydrogens is 352 g/mol. The molecule has 0 fully saturated rings. The highest BCUT2D eigenvalue weighted by Gasteiger charge is 2.12. The predicted octanol–water partition coefficient (Wildman–Crippen LogP) is 4.73. The second-order valence-electron chi connectivity index (χ2n) is 5.65. The van der Waals surface area contributed by atoms with Crippen molar-refractivity contribution in [3.05, 3.63) is 83.6 Å². The molecule has 0 saturated heterocycles.